The van der Waals surface area contributed by atoms with E-state index in [4.69, 9.17) is 19.3 Å². The molecule has 5 heteroatoms. The second-order valence-electron chi connectivity index (χ2n) is 8.66. The van der Waals surface area contributed by atoms with Gasteiger partial charge in [0.1, 0.15) is 0 Å². The van der Waals surface area contributed by atoms with Gasteiger partial charge in [0.05, 0.1) is 0 Å². The van der Waals surface area contributed by atoms with Crippen molar-refractivity contribution in [1.29, 1.82) is 0 Å². The van der Waals surface area contributed by atoms with Gasteiger partial charge in [-0.2, -0.15) is 0 Å². The zero-order valence-electron chi connectivity index (χ0n) is 20.4. The third-order valence-electron chi connectivity index (χ3n) is 6.10. The monoisotopic (exact) mass is 470 g/mol. The zero-order chi connectivity index (χ0) is 22.0. The molecule has 0 fully saturated rings. The van der Waals surface area contributed by atoms with Crippen LogP contribution in [0.1, 0.15) is 119 Å². The van der Waals surface area contributed by atoms with Gasteiger partial charge in [0.2, 0.25) is 0 Å². The van der Waals surface area contributed by atoms with E-state index in [1.165, 1.54) is 57.8 Å². The average molecular weight is 471 g/mol. The number of hydrogen-bond acceptors (Lipinski definition) is 3. The predicted octanol–water partition coefficient (Wildman–Crippen LogP) is 8.74. The van der Waals surface area contributed by atoms with Crippen LogP contribution in [0.5, 0.6) is 0 Å². The minimum atomic E-state index is -3.72. The maximum absolute atomic E-state index is 6.97. The van der Waals surface area contributed by atoms with E-state index in [0.29, 0.717) is 37.6 Å². The molecule has 0 bridgehead atoms. The van der Waals surface area contributed by atoms with Crippen LogP contribution >= 0.6 is 9.30 Å². The molecule has 0 aromatic heterocycles. The normalized spacial score (nSPS) is 17.1. The Morgan fingerprint density at radius 1 is 0.552 bits per heavy atom. The summed E-state index contributed by atoms with van der Waals surface area (Å²) < 4.78 is 18.9. The van der Waals surface area contributed by atoms with Crippen LogP contribution in [0.15, 0.2) is 0 Å². The molecule has 3 nitrogen and oxygen atoms in total. The quantitative estimate of drug-likeness (QED) is 0.157. The van der Waals surface area contributed by atoms with E-state index >= 15 is 0 Å². The molecule has 176 valence electrons. The maximum atomic E-state index is 6.97. The molecule has 0 saturated carbocycles. The molecule has 0 aromatic carbocycles. The average Bonchev–Trinajstić information content (AvgIpc) is 2.74. The fraction of sp³-hybridized carbons (Fsp3) is 1.00. The van der Waals surface area contributed by atoms with Crippen molar-refractivity contribution in [2.45, 2.75) is 119 Å². The molecule has 0 N–H and O–H groups in total. The van der Waals surface area contributed by atoms with E-state index in [0.717, 1.165) is 19.3 Å². The summed E-state index contributed by atoms with van der Waals surface area (Å²) in [7, 11) is 6.97. The predicted molar refractivity (Wildman–Crippen MR) is 124 cm³/mol. The third kappa shape index (κ3) is 15.3. The van der Waals surface area contributed by atoms with E-state index in [1.807, 2.05) is 0 Å². The van der Waals surface area contributed by atoms with Gasteiger partial charge >= 0.3 is 192 Å². The Labute approximate surface area is 191 Å². The first-order valence-electron chi connectivity index (χ1n) is 12.6. The molecular weight excluding hydrogens is 420 g/mol. The van der Waals surface area contributed by atoms with Crippen LogP contribution in [0.4, 0.5) is 0 Å². The van der Waals surface area contributed by atoms with E-state index < -0.39 is 16.7 Å². The van der Waals surface area contributed by atoms with Crippen LogP contribution in [-0.4, -0.2) is 19.8 Å². The third-order valence-corrected chi connectivity index (χ3v) is 9.85. The van der Waals surface area contributed by atoms with Gasteiger partial charge in [0.25, 0.3) is 0 Å². The molecule has 0 heterocycles. The van der Waals surface area contributed by atoms with Gasteiger partial charge in [0.15, 0.2) is 0 Å². The summed E-state index contributed by atoms with van der Waals surface area (Å²) in [5, 5.41) is 0. The summed E-state index contributed by atoms with van der Waals surface area (Å²) >= 11 is -3.72. The summed E-state index contributed by atoms with van der Waals surface area (Å²) in [6.07, 6.45) is 14.4. The van der Waals surface area contributed by atoms with Crippen molar-refractivity contribution in [1.82, 2.24) is 0 Å². The van der Waals surface area contributed by atoms with Gasteiger partial charge in [-0.3, -0.25) is 0 Å². The van der Waals surface area contributed by atoms with E-state index in [-0.39, 0.29) is 0 Å². The molecule has 0 aliphatic rings. The summed E-state index contributed by atoms with van der Waals surface area (Å²) in [6.45, 7) is 15.5. The summed E-state index contributed by atoms with van der Waals surface area (Å²) in [5.41, 5.74) is 0. The minimum absolute atomic E-state index is 0.551. The number of unbranched alkanes of at least 4 members (excludes halogenated alkanes) is 3. The Hall–Kier alpha value is 0.884. The van der Waals surface area contributed by atoms with Gasteiger partial charge in [-0.05, 0) is 0 Å². The molecule has 29 heavy (non-hydrogen) atoms. The van der Waals surface area contributed by atoms with Crippen molar-refractivity contribution < 1.29 is 26.6 Å². The van der Waals surface area contributed by atoms with Crippen molar-refractivity contribution in [3.8, 4) is 0 Å². The summed E-state index contributed by atoms with van der Waals surface area (Å²) in [5.74, 6) is 1.65. The Kier molecular flexibility index (Phi) is 20.2. The van der Waals surface area contributed by atoms with Crippen molar-refractivity contribution >= 4 is 9.30 Å². The number of hydrogen-bond donors (Lipinski definition) is 0. The Bertz CT molecular complexity index is 307. The fourth-order valence-corrected chi connectivity index (χ4v) is 6.68. The second-order valence-corrected chi connectivity index (χ2v) is 13.4. The fourth-order valence-electron chi connectivity index (χ4n) is 3.47. The van der Waals surface area contributed by atoms with Crippen LogP contribution < -0.4 is 0 Å². The summed E-state index contributed by atoms with van der Waals surface area (Å²) in [4.78, 5) is 0. The van der Waals surface area contributed by atoms with Crippen LogP contribution in [-0.2, 0) is 26.6 Å². The molecular formula is C24H51ClO3Ti. The molecule has 0 rings (SSSR count). The molecule has 0 saturated heterocycles. The molecule has 0 spiro atoms. The molecule has 0 aromatic rings. The van der Waals surface area contributed by atoms with Crippen molar-refractivity contribution in [3.05, 3.63) is 0 Å². The second kappa shape index (κ2) is 19.6. The molecule has 0 radical (unpaired) electrons. The van der Waals surface area contributed by atoms with E-state index in [1.54, 1.807) is 0 Å². The van der Waals surface area contributed by atoms with E-state index in [9.17, 15) is 0 Å². The Morgan fingerprint density at radius 2 is 0.828 bits per heavy atom. The Balaban J connectivity index is 4.88. The van der Waals surface area contributed by atoms with Crippen LogP contribution in [0.25, 0.3) is 0 Å². The van der Waals surface area contributed by atoms with Gasteiger partial charge in [-0.1, -0.05) is 0 Å². The molecule has 3 unspecified atom stereocenters. The first-order valence-corrected chi connectivity index (χ1v) is 16.6. The van der Waals surface area contributed by atoms with Gasteiger partial charge in [-0.15, -0.1) is 0 Å². The van der Waals surface area contributed by atoms with E-state index in [2.05, 4.69) is 41.5 Å². The topological polar surface area (TPSA) is 27.7 Å². The number of halogens is 1. The first kappa shape index (κ1) is 29.9. The van der Waals surface area contributed by atoms with Gasteiger partial charge in [-0.25, -0.2) is 0 Å². The van der Waals surface area contributed by atoms with Crippen LogP contribution in [0, 0.1) is 17.8 Å². The Morgan fingerprint density at radius 3 is 1.03 bits per heavy atom. The molecule has 0 amide bonds. The first-order chi connectivity index (χ1) is 14.0. The molecule has 3 atom stereocenters. The van der Waals surface area contributed by atoms with Crippen LogP contribution in [0.3, 0.4) is 0 Å². The van der Waals surface area contributed by atoms with Gasteiger partial charge < -0.3 is 0 Å². The van der Waals surface area contributed by atoms with Gasteiger partial charge in [0, 0.05) is 0 Å². The number of rotatable bonds is 21. The zero-order valence-corrected chi connectivity index (χ0v) is 22.8. The SMILES string of the molecule is CCCCC(CC)C[O][Ti]([Cl])([O]CC(CC)CCCC)[O]CC(CC)CCCC. The van der Waals surface area contributed by atoms with Crippen LogP contribution in [0.2, 0.25) is 0 Å². The van der Waals surface area contributed by atoms with Crippen molar-refractivity contribution in [2.75, 3.05) is 19.8 Å². The van der Waals surface area contributed by atoms with Crippen molar-refractivity contribution in [3.63, 3.8) is 0 Å². The standard InChI is InChI=1S/3C8H17O.ClH.Ti/c3*1-3-5-6-8(4-2)7-9;;/h3*8H,3-7H2,1-2H3;1H;/q3*-1;;+4/p-1. The molecule has 0 aliphatic heterocycles. The molecule has 0 aliphatic carbocycles. The van der Waals surface area contributed by atoms with Crippen molar-refractivity contribution in [2.24, 2.45) is 17.8 Å². The summed E-state index contributed by atoms with van der Waals surface area (Å²) in [6, 6.07) is 0.